The van der Waals surface area contributed by atoms with Crippen molar-refractivity contribution in [2.45, 2.75) is 27.2 Å². The Kier molecular flexibility index (Phi) is 9.74. The zero-order valence-corrected chi connectivity index (χ0v) is 37.9. The van der Waals surface area contributed by atoms with Gasteiger partial charge in [-0.25, -0.2) is 9.97 Å². The van der Waals surface area contributed by atoms with Crippen molar-refractivity contribution in [2.24, 2.45) is 0 Å². The summed E-state index contributed by atoms with van der Waals surface area (Å²) in [5.41, 5.74) is 18.6. The van der Waals surface area contributed by atoms with E-state index < -0.39 is 0 Å². The molecule has 0 radical (unpaired) electrons. The molecule has 8 aromatic carbocycles. The van der Waals surface area contributed by atoms with E-state index in [0.29, 0.717) is 0 Å². The van der Waals surface area contributed by atoms with Gasteiger partial charge in [0.1, 0.15) is 11.6 Å². The van der Waals surface area contributed by atoms with Gasteiger partial charge in [0, 0.05) is 23.0 Å². The van der Waals surface area contributed by atoms with Crippen LogP contribution in [0.25, 0.3) is 99.8 Å². The maximum atomic E-state index is 5.56. The minimum absolute atomic E-state index is 0. The SMILES string of the molecule is Cc1cc(C)c(-c2ccnc(-n3c4[c-]c(-c5cccc6c5nc(-c5cccc7c5[n-]c5ccccc57)n6-c5ccccc5)ccc4c4cc(Cc5ccccc5)ccc43)c2)c(C)c1.[Pt+2]. The van der Waals surface area contributed by atoms with Crippen LogP contribution in [-0.2, 0) is 27.5 Å². The smallest absolute Gasteiger partial charge is 0.656 e. The van der Waals surface area contributed by atoms with E-state index in [2.05, 4.69) is 212 Å². The third-order valence-corrected chi connectivity index (χ3v) is 12.6. The normalized spacial score (nSPS) is 11.6. The number of pyridine rings is 1. The molecule has 0 aliphatic rings. The first-order chi connectivity index (χ1) is 31.0. The zero-order chi connectivity index (χ0) is 42.2. The van der Waals surface area contributed by atoms with Crippen molar-refractivity contribution in [3.63, 3.8) is 0 Å². The van der Waals surface area contributed by atoms with Gasteiger partial charge in [-0.15, -0.1) is 34.8 Å². The van der Waals surface area contributed by atoms with Crippen LogP contribution in [0.15, 0.2) is 182 Å². The molecule has 0 unspecified atom stereocenters. The van der Waals surface area contributed by atoms with Crippen LogP contribution < -0.4 is 4.98 Å². The van der Waals surface area contributed by atoms with E-state index in [1.54, 1.807) is 0 Å². The third kappa shape index (κ3) is 6.50. The molecule has 4 heterocycles. The van der Waals surface area contributed by atoms with Crippen LogP contribution in [0.1, 0.15) is 27.8 Å². The first kappa shape index (κ1) is 39.5. The van der Waals surface area contributed by atoms with Gasteiger partial charge in [-0.1, -0.05) is 144 Å². The van der Waals surface area contributed by atoms with Gasteiger partial charge in [0.25, 0.3) is 0 Å². The molecule has 0 spiro atoms. The minimum atomic E-state index is 0. The average Bonchev–Trinajstić information content (AvgIpc) is 3.99. The van der Waals surface area contributed by atoms with Crippen molar-refractivity contribution >= 4 is 54.6 Å². The Hall–Kier alpha value is -7.33. The molecule has 0 N–H and O–H groups in total. The molecule has 5 nitrogen and oxygen atoms in total. The molecule has 0 atom stereocenters. The number of para-hydroxylation sites is 4. The number of rotatable bonds is 7. The summed E-state index contributed by atoms with van der Waals surface area (Å²) in [5.74, 6) is 1.70. The molecular weight excluding hydrogens is 962 g/mol. The van der Waals surface area contributed by atoms with Gasteiger partial charge in [-0.05, 0) is 119 Å². The maximum absolute atomic E-state index is 5.56. The Morgan fingerprint density at radius 1 is 0.562 bits per heavy atom. The molecule has 0 aliphatic carbocycles. The van der Waals surface area contributed by atoms with Gasteiger partial charge in [0.05, 0.1) is 11.0 Å². The zero-order valence-electron chi connectivity index (χ0n) is 35.6. The number of imidazole rings is 1. The molecule has 0 saturated heterocycles. The van der Waals surface area contributed by atoms with Gasteiger partial charge in [-0.3, -0.25) is 4.57 Å². The van der Waals surface area contributed by atoms with E-state index in [1.165, 1.54) is 38.8 Å². The molecule has 0 saturated carbocycles. The van der Waals surface area contributed by atoms with Crippen LogP contribution in [0, 0.1) is 26.8 Å². The molecule has 308 valence electrons. The van der Waals surface area contributed by atoms with Crippen molar-refractivity contribution in [1.29, 1.82) is 0 Å². The van der Waals surface area contributed by atoms with E-state index in [1.807, 2.05) is 6.20 Å². The summed E-state index contributed by atoms with van der Waals surface area (Å²) in [4.78, 5) is 15.8. The Morgan fingerprint density at radius 2 is 1.30 bits per heavy atom. The second-order valence-electron chi connectivity index (χ2n) is 16.8. The molecule has 0 amide bonds. The summed E-state index contributed by atoms with van der Waals surface area (Å²) in [6.07, 6.45) is 2.79. The Bertz CT molecular complexity index is 3720. The number of nitrogens with zero attached hydrogens (tertiary/aromatic N) is 5. The summed E-state index contributed by atoms with van der Waals surface area (Å²) < 4.78 is 4.57. The van der Waals surface area contributed by atoms with E-state index in [4.69, 9.17) is 15.0 Å². The molecule has 12 aromatic rings. The van der Waals surface area contributed by atoms with Crippen molar-refractivity contribution in [3.8, 4) is 45.1 Å². The van der Waals surface area contributed by atoms with Gasteiger partial charge in [-0.2, -0.15) is 0 Å². The van der Waals surface area contributed by atoms with Crippen molar-refractivity contribution < 1.29 is 21.1 Å². The number of benzene rings is 8. The number of hydrogen-bond donors (Lipinski definition) is 0. The Balaban J connectivity index is 0.00000456. The monoisotopic (exact) mass is 1000 g/mol. The van der Waals surface area contributed by atoms with E-state index in [0.717, 1.165) is 95.3 Å². The molecule has 6 heteroatoms. The van der Waals surface area contributed by atoms with Gasteiger partial charge >= 0.3 is 21.1 Å². The predicted octanol–water partition coefficient (Wildman–Crippen LogP) is 14.1. The predicted molar refractivity (Wildman–Crippen MR) is 260 cm³/mol. The first-order valence-corrected chi connectivity index (χ1v) is 21.6. The molecule has 0 bridgehead atoms. The standard InChI is InChI=1S/C58H41N5.Pt/c1-36-30-37(2)55(38(3)31-36)42-28-29-59-54(35-42)63-51-27-24-40(32-39-14-6-4-7-15-39)33-49(51)46-26-25-41(34-53(46)63)44-19-13-23-52-57(44)61-58(62(52)43-16-8-5-9-17-43)48-21-12-20-47-45-18-10-11-22-50(45)60-56(47)48;/h4-31,33,35H,32H2,1-3H3;/q-2;+2. The molecular formula is C58H41N5Pt. The molecule has 64 heavy (non-hydrogen) atoms. The van der Waals surface area contributed by atoms with Crippen LogP contribution in [0.5, 0.6) is 0 Å². The summed E-state index contributed by atoms with van der Waals surface area (Å²) in [7, 11) is 0. The number of aromatic nitrogens is 5. The Labute approximate surface area is 386 Å². The van der Waals surface area contributed by atoms with Crippen molar-refractivity contribution in [3.05, 3.63) is 216 Å². The molecule has 0 fully saturated rings. The third-order valence-electron chi connectivity index (χ3n) is 12.6. The van der Waals surface area contributed by atoms with Gasteiger partial charge < -0.3 is 9.55 Å². The van der Waals surface area contributed by atoms with Crippen LogP contribution >= 0.6 is 0 Å². The van der Waals surface area contributed by atoms with Crippen LogP contribution in [0.3, 0.4) is 0 Å². The number of aryl methyl sites for hydroxylation is 3. The maximum Gasteiger partial charge on any atom is 2.00 e. The summed E-state index contributed by atoms with van der Waals surface area (Å²) in [6, 6.07) is 66.7. The van der Waals surface area contributed by atoms with E-state index in [-0.39, 0.29) is 21.1 Å². The topological polar surface area (TPSA) is 49.7 Å². The van der Waals surface area contributed by atoms with Crippen LogP contribution in [0.4, 0.5) is 0 Å². The summed E-state index contributed by atoms with van der Waals surface area (Å²) in [6.45, 7) is 6.57. The molecule has 0 aliphatic heterocycles. The van der Waals surface area contributed by atoms with E-state index in [9.17, 15) is 0 Å². The summed E-state index contributed by atoms with van der Waals surface area (Å²) >= 11 is 0. The fourth-order valence-electron chi connectivity index (χ4n) is 9.98. The van der Waals surface area contributed by atoms with Crippen molar-refractivity contribution in [1.82, 2.24) is 24.1 Å². The fourth-order valence-corrected chi connectivity index (χ4v) is 9.98. The van der Waals surface area contributed by atoms with Gasteiger partial charge in [0.2, 0.25) is 0 Å². The average molecular weight is 1000 g/mol. The molecule has 4 aromatic heterocycles. The second kappa shape index (κ2) is 15.8. The number of fused-ring (bicyclic) bond motifs is 7. The fraction of sp³-hybridized carbons (Fsp3) is 0.0690. The van der Waals surface area contributed by atoms with Gasteiger partial charge in [0.15, 0.2) is 0 Å². The number of hydrogen-bond acceptors (Lipinski definition) is 2. The van der Waals surface area contributed by atoms with Crippen LogP contribution in [0.2, 0.25) is 0 Å². The largest absolute Gasteiger partial charge is 2.00 e. The van der Waals surface area contributed by atoms with E-state index >= 15 is 0 Å². The first-order valence-electron chi connectivity index (χ1n) is 21.6. The van der Waals surface area contributed by atoms with Crippen LogP contribution in [-0.4, -0.2) is 19.1 Å². The Morgan fingerprint density at radius 3 is 2.12 bits per heavy atom. The quantitative estimate of drug-likeness (QED) is 0.150. The summed E-state index contributed by atoms with van der Waals surface area (Å²) in [5, 5.41) is 4.57. The second-order valence-corrected chi connectivity index (χ2v) is 16.8. The molecule has 12 rings (SSSR count). The minimum Gasteiger partial charge on any atom is -0.656 e. The van der Waals surface area contributed by atoms with Crippen molar-refractivity contribution in [2.75, 3.05) is 0 Å².